The fourth-order valence-electron chi connectivity index (χ4n) is 2.31. The summed E-state index contributed by atoms with van der Waals surface area (Å²) in [6.45, 7) is 0.331. The molecule has 3 rings (SSSR count). The Morgan fingerprint density at radius 2 is 1.92 bits per heavy atom. The van der Waals surface area contributed by atoms with Gasteiger partial charge in [0.25, 0.3) is 0 Å². The first kappa shape index (κ1) is 16.7. The number of aromatic nitrogens is 1. The monoisotopic (exact) mass is 353 g/mol. The highest BCUT2D eigenvalue weighted by Crippen LogP contribution is 2.25. The molecule has 0 atom stereocenters. The molecule has 3 N–H and O–H groups in total. The predicted molar refractivity (Wildman–Crippen MR) is 96.8 cm³/mol. The van der Waals surface area contributed by atoms with Crippen LogP contribution in [0.1, 0.15) is 15.9 Å². The molecule has 126 valence electrons. The largest absolute Gasteiger partial charge is 0.478 e. The van der Waals surface area contributed by atoms with E-state index in [1.54, 1.807) is 35.9 Å². The molecule has 0 spiro atoms. The van der Waals surface area contributed by atoms with Crippen molar-refractivity contribution in [2.24, 2.45) is 0 Å². The van der Waals surface area contributed by atoms with Crippen LogP contribution in [0.15, 0.2) is 59.6 Å². The Morgan fingerprint density at radius 1 is 1.12 bits per heavy atom. The third-order valence-electron chi connectivity index (χ3n) is 3.56. The summed E-state index contributed by atoms with van der Waals surface area (Å²) in [7, 11) is 0. The Balaban J connectivity index is 1.62. The van der Waals surface area contributed by atoms with Crippen molar-refractivity contribution in [1.29, 1.82) is 0 Å². The number of aromatic carboxylic acids is 1. The summed E-state index contributed by atoms with van der Waals surface area (Å²) in [4.78, 5) is 27.0. The normalized spacial score (nSPS) is 10.2. The lowest BCUT2D eigenvalue weighted by Crippen LogP contribution is -2.28. The van der Waals surface area contributed by atoms with Gasteiger partial charge < -0.3 is 15.7 Å². The van der Waals surface area contributed by atoms with Gasteiger partial charge in [-0.15, -0.1) is 0 Å². The van der Waals surface area contributed by atoms with Crippen molar-refractivity contribution in [3.05, 3.63) is 70.7 Å². The van der Waals surface area contributed by atoms with E-state index in [4.69, 9.17) is 5.11 Å². The van der Waals surface area contributed by atoms with Crippen LogP contribution in [-0.2, 0) is 6.54 Å². The van der Waals surface area contributed by atoms with Crippen molar-refractivity contribution in [2.75, 3.05) is 5.32 Å². The number of hydrogen-bond donors (Lipinski definition) is 3. The summed E-state index contributed by atoms with van der Waals surface area (Å²) in [5, 5.41) is 18.4. The highest BCUT2D eigenvalue weighted by Gasteiger charge is 2.08. The van der Waals surface area contributed by atoms with E-state index < -0.39 is 5.97 Å². The maximum atomic E-state index is 12.0. The van der Waals surface area contributed by atoms with Gasteiger partial charge in [-0.1, -0.05) is 0 Å². The van der Waals surface area contributed by atoms with E-state index in [-0.39, 0.29) is 11.6 Å². The molecule has 0 aliphatic heterocycles. The van der Waals surface area contributed by atoms with E-state index in [1.807, 2.05) is 22.9 Å². The zero-order valence-corrected chi connectivity index (χ0v) is 13.9. The average Bonchev–Trinajstić information content (AvgIpc) is 3.15. The lowest BCUT2D eigenvalue weighted by atomic mass is 10.1. The molecule has 0 saturated carbocycles. The third kappa shape index (κ3) is 4.21. The van der Waals surface area contributed by atoms with Crippen LogP contribution in [0.25, 0.3) is 11.1 Å². The molecule has 0 saturated heterocycles. The fraction of sp³-hybridized carbons (Fsp3) is 0.0556. The lowest BCUT2D eigenvalue weighted by molar-refractivity contribution is 0.0697. The Morgan fingerprint density at radius 3 is 2.60 bits per heavy atom. The number of rotatable bonds is 5. The SMILES string of the molecule is O=C(NCc1cnccc1-c1ccsc1)Nc1ccc(C(=O)O)cc1. The molecule has 2 aromatic heterocycles. The summed E-state index contributed by atoms with van der Waals surface area (Å²) in [6.07, 6.45) is 3.45. The molecule has 0 aliphatic rings. The van der Waals surface area contributed by atoms with Crippen molar-refractivity contribution in [3.63, 3.8) is 0 Å². The van der Waals surface area contributed by atoms with Crippen LogP contribution in [0, 0.1) is 0 Å². The van der Waals surface area contributed by atoms with E-state index >= 15 is 0 Å². The van der Waals surface area contributed by atoms with E-state index in [9.17, 15) is 9.59 Å². The molecule has 0 bridgehead atoms. The maximum absolute atomic E-state index is 12.0. The molecule has 3 aromatic rings. The number of hydrogen-bond acceptors (Lipinski definition) is 4. The number of anilines is 1. The predicted octanol–water partition coefficient (Wildman–Crippen LogP) is 3.83. The number of carbonyl (C=O) groups excluding carboxylic acids is 1. The Hall–Kier alpha value is -3.19. The number of nitrogens with zero attached hydrogens (tertiary/aromatic N) is 1. The first-order valence-corrected chi connectivity index (χ1v) is 8.41. The average molecular weight is 353 g/mol. The molecule has 0 unspecified atom stereocenters. The second-order valence-electron chi connectivity index (χ2n) is 5.24. The topological polar surface area (TPSA) is 91.3 Å². The minimum Gasteiger partial charge on any atom is -0.478 e. The Bertz CT molecular complexity index is 877. The van der Waals surface area contributed by atoms with Crippen molar-refractivity contribution in [2.45, 2.75) is 6.54 Å². The van der Waals surface area contributed by atoms with Crippen LogP contribution in [0.2, 0.25) is 0 Å². The van der Waals surface area contributed by atoms with Gasteiger partial charge in [-0.2, -0.15) is 11.3 Å². The van der Waals surface area contributed by atoms with Gasteiger partial charge in [0.2, 0.25) is 0 Å². The van der Waals surface area contributed by atoms with Gasteiger partial charge in [-0.05, 0) is 63.8 Å². The van der Waals surface area contributed by atoms with Crippen molar-refractivity contribution in [3.8, 4) is 11.1 Å². The first-order valence-electron chi connectivity index (χ1n) is 7.47. The summed E-state index contributed by atoms with van der Waals surface area (Å²) in [5.41, 5.74) is 3.72. The van der Waals surface area contributed by atoms with Gasteiger partial charge in [-0.25, -0.2) is 9.59 Å². The number of pyridine rings is 1. The minimum absolute atomic E-state index is 0.168. The van der Waals surface area contributed by atoms with Crippen LogP contribution in [0.3, 0.4) is 0 Å². The van der Waals surface area contributed by atoms with E-state index in [2.05, 4.69) is 15.6 Å². The number of amides is 2. The van der Waals surface area contributed by atoms with Gasteiger partial charge in [0, 0.05) is 24.6 Å². The second kappa shape index (κ2) is 7.59. The molecule has 7 heteroatoms. The molecular formula is C18H15N3O3S. The van der Waals surface area contributed by atoms with Crippen molar-refractivity contribution >= 4 is 29.0 Å². The standard InChI is InChI=1S/C18H15N3O3S/c22-17(23)12-1-3-15(4-2-12)21-18(24)20-10-14-9-19-7-5-16(14)13-6-8-25-11-13/h1-9,11H,10H2,(H,22,23)(H2,20,21,24). The number of nitrogens with one attached hydrogen (secondary N) is 2. The van der Waals surface area contributed by atoms with Gasteiger partial charge in [0.1, 0.15) is 0 Å². The smallest absolute Gasteiger partial charge is 0.335 e. The van der Waals surface area contributed by atoms with Gasteiger partial charge in [0.15, 0.2) is 0 Å². The first-order chi connectivity index (χ1) is 12.1. The zero-order chi connectivity index (χ0) is 17.6. The number of carboxylic acid groups (broad SMARTS) is 1. The summed E-state index contributed by atoms with van der Waals surface area (Å²) < 4.78 is 0. The van der Waals surface area contributed by atoms with Crippen molar-refractivity contribution in [1.82, 2.24) is 10.3 Å². The molecule has 25 heavy (non-hydrogen) atoms. The summed E-state index contributed by atoms with van der Waals surface area (Å²) in [5.74, 6) is -1.01. The van der Waals surface area contributed by atoms with Gasteiger partial charge >= 0.3 is 12.0 Å². The van der Waals surface area contributed by atoms with Crippen LogP contribution >= 0.6 is 11.3 Å². The summed E-state index contributed by atoms with van der Waals surface area (Å²) >= 11 is 1.61. The Labute approximate surface area is 148 Å². The van der Waals surface area contributed by atoms with Gasteiger partial charge in [0.05, 0.1) is 5.56 Å². The van der Waals surface area contributed by atoms with Gasteiger partial charge in [-0.3, -0.25) is 4.98 Å². The number of urea groups is 1. The number of thiophene rings is 1. The molecule has 6 nitrogen and oxygen atoms in total. The van der Waals surface area contributed by atoms with E-state index in [0.29, 0.717) is 12.2 Å². The Kier molecular flexibility index (Phi) is 5.06. The van der Waals surface area contributed by atoms with Crippen LogP contribution in [-0.4, -0.2) is 22.1 Å². The number of carboxylic acids is 1. The number of carbonyl (C=O) groups is 2. The minimum atomic E-state index is -1.01. The zero-order valence-electron chi connectivity index (χ0n) is 13.1. The molecule has 0 radical (unpaired) electrons. The van der Waals surface area contributed by atoms with E-state index in [1.165, 1.54) is 12.1 Å². The molecule has 0 fully saturated rings. The van der Waals surface area contributed by atoms with Crippen LogP contribution < -0.4 is 10.6 Å². The van der Waals surface area contributed by atoms with Crippen LogP contribution in [0.5, 0.6) is 0 Å². The molecule has 0 aliphatic carbocycles. The fourth-order valence-corrected chi connectivity index (χ4v) is 2.97. The highest BCUT2D eigenvalue weighted by atomic mass is 32.1. The number of benzene rings is 1. The van der Waals surface area contributed by atoms with Crippen molar-refractivity contribution < 1.29 is 14.7 Å². The van der Waals surface area contributed by atoms with Crippen LogP contribution in [0.4, 0.5) is 10.5 Å². The van der Waals surface area contributed by atoms with E-state index in [0.717, 1.165) is 16.7 Å². The highest BCUT2D eigenvalue weighted by molar-refractivity contribution is 7.08. The quantitative estimate of drug-likeness (QED) is 0.650. The molecule has 2 amide bonds. The third-order valence-corrected chi connectivity index (χ3v) is 4.25. The molecule has 2 heterocycles. The molecule has 1 aromatic carbocycles. The maximum Gasteiger partial charge on any atom is 0.335 e. The molecular weight excluding hydrogens is 338 g/mol. The lowest BCUT2D eigenvalue weighted by Gasteiger charge is -2.10. The summed E-state index contributed by atoms with van der Waals surface area (Å²) in [6, 6.07) is 9.54. The second-order valence-corrected chi connectivity index (χ2v) is 6.02.